The van der Waals surface area contributed by atoms with Crippen molar-refractivity contribution in [3.8, 4) is 10.6 Å². The Morgan fingerprint density at radius 2 is 1.90 bits per heavy atom. The summed E-state index contributed by atoms with van der Waals surface area (Å²) < 4.78 is 1.96. The smallest absolute Gasteiger partial charge is 0.321 e. The second-order valence-electron chi connectivity index (χ2n) is 8.47. The lowest BCUT2D eigenvalue weighted by atomic mass is 9.86. The number of benzene rings is 1. The Morgan fingerprint density at radius 1 is 1.17 bits per heavy atom. The molecule has 2 aromatic heterocycles. The first-order valence-corrected chi connectivity index (χ1v) is 10.5. The minimum atomic E-state index is -0.289. The van der Waals surface area contributed by atoms with Gasteiger partial charge in [0, 0.05) is 24.5 Å². The fourth-order valence-electron chi connectivity index (χ4n) is 2.83. The lowest BCUT2D eigenvalue weighted by molar-refractivity contribution is 0.218. The summed E-state index contributed by atoms with van der Waals surface area (Å²) in [4.78, 5) is 16.6. The molecular formula is C21H28N6OS. The summed E-state index contributed by atoms with van der Waals surface area (Å²) in [6, 6.07) is 7.92. The van der Waals surface area contributed by atoms with Crippen molar-refractivity contribution in [1.29, 1.82) is 0 Å². The lowest BCUT2D eigenvalue weighted by Crippen LogP contribution is -2.47. The van der Waals surface area contributed by atoms with E-state index in [9.17, 15) is 4.79 Å². The summed E-state index contributed by atoms with van der Waals surface area (Å²) in [7, 11) is 0. The average Bonchev–Trinajstić information content (AvgIpc) is 3.32. The third-order valence-electron chi connectivity index (χ3n) is 4.77. The van der Waals surface area contributed by atoms with Gasteiger partial charge in [0.1, 0.15) is 5.01 Å². The van der Waals surface area contributed by atoms with Crippen molar-refractivity contribution in [2.75, 3.05) is 5.32 Å². The van der Waals surface area contributed by atoms with Gasteiger partial charge >= 0.3 is 6.03 Å². The van der Waals surface area contributed by atoms with Gasteiger partial charge in [0.2, 0.25) is 5.13 Å². The molecule has 0 aliphatic carbocycles. The summed E-state index contributed by atoms with van der Waals surface area (Å²) in [5.41, 5.74) is 2.15. The summed E-state index contributed by atoms with van der Waals surface area (Å²) in [6.45, 7) is 11.3. The first kappa shape index (κ1) is 21.0. The Labute approximate surface area is 175 Å². The molecule has 2 heterocycles. The first-order valence-electron chi connectivity index (χ1n) is 9.69. The number of aromatic nitrogens is 4. The molecule has 0 radical (unpaired) electrons. The van der Waals surface area contributed by atoms with Crippen molar-refractivity contribution in [2.24, 2.45) is 5.41 Å². The molecule has 0 spiro atoms. The number of imidazole rings is 1. The Hall–Kier alpha value is -2.74. The number of carbonyl (C=O) groups is 1. The number of nitrogens with one attached hydrogen (secondary N) is 2. The molecule has 1 aromatic carbocycles. The van der Waals surface area contributed by atoms with Crippen molar-refractivity contribution in [3.63, 3.8) is 0 Å². The van der Waals surface area contributed by atoms with E-state index < -0.39 is 0 Å². The van der Waals surface area contributed by atoms with Crippen LogP contribution in [-0.4, -0.2) is 31.8 Å². The number of nitrogens with zero attached hydrogens (tertiary/aromatic N) is 4. The van der Waals surface area contributed by atoms with Gasteiger partial charge in [0.25, 0.3) is 0 Å². The molecule has 29 heavy (non-hydrogen) atoms. The second-order valence-corrected chi connectivity index (χ2v) is 9.44. The van der Waals surface area contributed by atoms with Crippen LogP contribution in [0.3, 0.4) is 0 Å². The van der Waals surface area contributed by atoms with E-state index in [0.717, 1.165) is 10.6 Å². The van der Waals surface area contributed by atoms with E-state index in [1.165, 1.54) is 16.9 Å². The van der Waals surface area contributed by atoms with Crippen LogP contribution >= 0.6 is 11.3 Å². The zero-order valence-corrected chi connectivity index (χ0v) is 18.3. The number of carbonyl (C=O) groups excluding carboxylic acids is 1. The van der Waals surface area contributed by atoms with Crippen molar-refractivity contribution in [2.45, 2.75) is 53.1 Å². The van der Waals surface area contributed by atoms with Crippen molar-refractivity contribution >= 4 is 22.5 Å². The van der Waals surface area contributed by atoms with Crippen molar-refractivity contribution < 1.29 is 4.79 Å². The Balaban J connectivity index is 1.64. The number of urea groups is 1. The number of rotatable bonds is 6. The van der Waals surface area contributed by atoms with E-state index in [1.807, 2.05) is 22.9 Å². The quantitative estimate of drug-likeness (QED) is 0.611. The third-order valence-corrected chi connectivity index (χ3v) is 5.66. The number of amides is 2. The average molecular weight is 413 g/mol. The topological polar surface area (TPSA) is 84.7 Å². The second kappa shape index (κ2) is 8.73. The number of hydrogen-bond acceptors (Lipinski definition) is 5. The zero-order valence-electron chi connectivity index (χ0n) is 17.5. The highest BCUT2D eigenvalue weighted by Crippen LogP contribution is 2.28. The van der Waals surface area contributed by atoms with Crippen LogP contribution in [0.5, 0.6) is 0 Å². The van der Waals surface area contributed by atoms with Gasteiger partial charge < -0.3 is 9.88 Å². The maximum Gasteiger partial charge on any atom is 0.321 e. The van der Waals surface area contributed by atoms with Gasteiger partial charge in [-0.1, -0.05) is 70.2 Å². The molecule has 1 atom stereocenters. The summed E-state index contributed by atoms with van der Waals surface area (Å²) in [5.74, 6) is 0.484. The molecule has 8 heteroatoms. The van der Waals surface area contributed by atoms with Crippen LogP contribution in [0, 0.1) is 5.41 Å². The third kappa shape index (κ3) is 5.63. The first-order chi connectivity index (χ1) is 13.7. The van der Waals surface area contributed by atoms with Gasteiger partial charge in [-0.2, -0.15) is 0 Å². The van der Waals surface area contributed by atoms with Crippen LogP contribution in [0.25, 0.3) is 10.6 Å². The SMILES string of the molecule is CC(C)c1ccc(-c2nnc(NC(=O)NC(Cn3ccnc3)C(C)(C)C)s2)cc1. The molecule has 0 aliphatic heterocycles. The van der Waals surface area contributed by atoms with Crippen LogP contribution in [0.2, 0.25) is 0 Å². The maximum atomic E-state index is 12.6. The fraction of sp³-hybridized carbons (Fsp3) is 0.429. The summed E-state index contributed by atoms with van der Waals surface area (Å²) in [6.07, 6.45) is 5.37. The van der Waals surface area contributed by atoms with E-state index >= 15 is 0 Å². The standard InChI is InChI=1S/C21H28N6OS/c1-14(2)15-6-8-16(9-7-15)18-25-26-20(29-18)24-19(28)23-17(21(3,4)5)12-27-11-10-22-13-27/h6-11,13-14,17H,12H2,1-5H3,(H2,23,24,26,28). The van der Waals surface area contributed by atoms with Gasteiger partial charge in [0.15, 0.2) is 0 Å². The summed E-state index contributed by atoms with van der Waals surface area (Å²) in [5, 5.41) is 15.5. The molecule has 0 saturated heterocycles. The predicted octanol–water partition coefficient (Wildman–Crippen LogP) is 4.76. The Bertz CT molecular complexity index is 925. The van der Waals surface area contributed by atoms with E-state index in [0.29, 0.717) is 17.6 Å². The molecule has 0 saturated carbocycles. The number of anilines is 1. The lowest BCUT2D eigenvalue weighted by Gasteiger charge is -2.31. The summed E-state index contributed by atoms with van der Waals surface area (Å²) >= 11 is 1.36. The molecule has 2 N–H and O–H groups in total. The molecule has 0 bridgehead atoms. The van der Waals surface area contributed by atoms with Crippen LogP contribution in [0.15, 0.2) is 43.0 Å². The molecule has 3 rings (SSSR count). The van der Waals surface area contributed by atoms with Crippen LogP contribution in [-0.2, 0) is 6.54 Å². The predicted molar refractivity (Wildman–Crippen MR) is 117 cm³/mol. The maximum absolute atomic E-state index is 12.6. The minimum absolute atomic E-state index is 0.0762. The van der Waals surface area contributed by atoms with Gasteiger partial charge in [0.05, 0.1) is 12.4 Å². The molecule has 2 amide bonds. The molecule has 0 aliphatic rings. The normalized spacial score (nSPS) is 12.8. The molecule has 154 valence electrons. The molecule has 1 unspecified atom stereocenters. The highest BCUT2D eigenvalue weighted by Gasteiger charge is 2.27. The van der Waals surface area contributed by atoms with Crippen LogP contribution < -0.4 is 10.6 Å². The van der Waals surface area contributed by atoms with Crippen LogP contribution in [0.1, 0.15) is 46.1 Å². The van der Waals surface area contributed by atoms with Gasteiger partial charge in [-0.25, -0.2) is 9.78 Å². The minimum Gasteiger partial charge on any atom is -0.335 e. The van der Waals surface area contributed by atoms with Crippen molar-refractivity contribution in [1.82, 2.24) is 25.1 Å². The fourth-order valence-corrected chi connectivity index (χ4v) is 3.58. The highest BCUT2D eigenvalue weighted by molar-refractivity contribution is 7.18. The van der Waals surface area contributed by atoms with Gasteiger partial charge in [-0.05, 0) is 16.9 Å². The van der Waals surface area contributed by atoms with Crippen molar-refractivity contribution in [3.05, 3.63) is 48.5 Å². The highest BCUT2D eigenvalue weighted by atomic mass is 32.1. The monoisotopic (exact) mass is 412 g/mol. The van der Waals surface area contributed by atoms with Gasteiger partial charge in [-0.15, -0.1) is 10.2 Å². The largest absolute Gasteiger partial charge is 0.335 e. The van der Waals surface area contributed by atoms with E-state index in [1.54, 1.807) is 12.5 Å². The van der Waals surface area contributed by atoms with Crippen LogP contribution in [0.4, 0.5) is 9.93 Å². The molecular weight excluding hydrogens is 384 g/mol. The van der Waals surface area contributed by atoms with E-state index in [2.05, 4.69) is 72.6 Å². The van der Waals surface area contributed by atoms with Gasteiger partial charge in [-0.3, -0.25) is 5.32 Å². The molecule has 7 nitrogen and oxygen atoms in total. The Morgan fingerprint density at radius 3 is 2.48 bits per heavy atom. The zero-order chi connectivity index (χ0) is 21.0. The van der Waals surface area contributed by atoms with E-state index in [4.69, 9.17) is 0 Å². The number of hydrogen-bond donors (Lipinski definition) is 2. The molecule has 3 aromatic rings. The Kier molecular flexibility index (Phi) is 6.32. The molecule has 0 fully saturated rings. The van der Waals surface area contributed by atoms with E-state index in [-0.39, 0.29) is 17.5 Å².